The summed E-state index contributed by atoms with van der Waals surface area (Å²) in [6.45, 7) is -0.136. The van der Waals surface area contributed by atoms with Crippen molar-refractivity contribution >= 4 is 17.7 Å². The first-order valence-corrected chi connectivity index (χ1v) is 9.84. The fourth-order valence-electron chi connectivity index (χ4n) is 4.23. The summed E-state index contributed by atoms with van der Waals surface area (Å²) in [7, 11) is 0. The van der Waals surface area contributed by atoms with E-state index in [9.17, 15) is 19.1 Å². The number of aliphatic carboxylic acids is 1. The fourth-order valence-corrected chi connectivity index (χ4v) is 4.23. The maximum Gasteiger partial charge on any atom is 0.414 e. The number of ether oxygens (including phenoxy) is 2. The zero-order valence-electron chi connectivity index (χ0n) is 16.3. The number of carbonyl (C=O) groups is 2. The van der Waals surface area contributed by atoms with E-state index >= 15 is 0 Å². The van der Waals surface area contributed by atoms with Gasteiger partial charge in [-0.3, -0.25) is 4.90 Å². The first-order valence-electron chi connectivity index (χ1n) is 9.84. The lowest BCUT2D eigenvalue weighted by atomic mass is 9.98. The third-order valence-corrected chi connectivity index (χ3v) is 5.66. The van der Waals surface area contributed by atoms with E-state index in [1.807, 2.05) is 48.5 Å². The van der Waals surface area contributed by atoms with Crippen molar-refractivity contribution in [2.24, 2.45) is 0 Å². The highest BCUT2D eigenvalue weighted by Crippen LogP contribution is 2.44. The third kappa shape index (κ3) is 3.28. The van der Waals surface area contributed by atoms with E-state index in [0.29, 0.717) is 0 Å². The van der Waals surface area contributed by atoms with Crippen LogP contribution >= 0.6 is 0 Å². The summed E-state index contributed by atoms with van der Waals surface area (Å²) in [5, 5.41) is 9.36. The number of benzene rings is 3. The van der Waals surface area contributed by atoms with Crippen LogP contribution in [0.2, 0.25) is 0 Å². The highest BCUT2D eigenvalue weighted by molar-refractivity contribution is 5.92. The molecule has 1 aliphatic heterocycles. The van der Waals surface area contributed by atoms with Gasteiger partial charge in [0.05, 0.1) is 12.2 Å². The smallest absolute Gasteiger partial charge is 0.414 e. The van der Waals surface area contributed by atoms with E-state index in [1.165, 1.54) is 17.0 Å². The number of halogens is 1. The number of hydrogen-bond acceptors (Lipinski definition) is 4. The molecule has 6 nitrogen and oxygen atoms in total. The van der Waals surface area contributed by atoms with Crippen LogP contribution < -0.4 is 9.64 Å². The Morgan fingerprint density at radius 2 is 1.68 bits per heavy atom. The van der Waals surface area contributed by atoms with Gasteiger partial charge in [-0.1, -0.05) is 48.5 Å². The zero-order valence-corrected chi connectivity index (χ0v) is 16.3. The molecule has 1 heterocycles. The number of rotatable bonds is 3. The van der Waals surface area contributed by atoms with Crippen LogP contribution in [0.5, 0.6) is 5.75 Å². The molecule has 0 spiro atoms. The largest absolute Gasteiger partial charge is 0.478 e. The average Bonchev–Trinajstić information content (AvgIpc) is 3.10. The Morgan fingerprint density at radius 1 is 1.03 bits per heavy atom. The van der Waals surface area contributed by atoms with Crippen LogP contribution in [-0.2, 0) is 9.53 Å². The lowest BCUT2D eigenvalue weighted by Gasteiger charge is -2.32. The number of anilines is 1. The van der Waals surface area contributed by atoms with Crippen LogP contribution in [0.15, 0.2) is 66.7 Å². The Hall–Kier alpha value is -3.87. The second-order valence-electron chi connectivity index (χ2n) is 7.47. The number of carboxylic acid groups (broad SMARTS) is 1. The van der Waals surface area contributed by atoms with Gasteiger partial charge in [-0.05, 0) is 34.4 Å². The number of carboxylic acids is 1. The second kappa shape index (κ2) is 7.43. The Kier molecular flexibility index (Phi) is 4.58. The highest BCUT2D eigenvalue weighted by atomic mass is 19.1. The van der Waals surface area contributed by atoms with E-state index in [2.05, 4.69) is 0 Å². The molecule has 5 rings (SSSR count). The molecular weight excluding hydrogens is 401 g/mol. The molecule has 0 saturated heterocycles. The van der Waals surface area contributed by atoms with Crippen molar-refractivity contribution in [3.05, 3.63) is 83.7 Å². The van der Waals surface area contributed by atoms with E-state index in [-0.39, 0.29) is 30.5 Å². The first kappa shape index (κ1) is 19.1. The van der Waals surface area contributed by atoms with Gasteiger partial charge in [-0.15, -0.1) is 0 Å². The summed E-state index contributed by atoms with van der Waals surface area (Å²) in [6, 6.07) is 19.6. The molecule has 3 aromatic rings. The molecule has 1 atom stereocenters. The molecule has 3 aromatic carbocycles. The molecule has 31 heavy (non-hydrogen) atoms. The van der Waals surface area contributed by atoms with Gasteiger partial charge in [0.2, 0.25) is 6.10 Å². The van der Waals surface area contributed by atoms with Crippen LogP contribution in [0.3, 0.4) is 0 Å². The van der Waals surface area contributed by atoms with E-state index in [1.54, 1.807) is 0 Å². The van der Waals surface area contributed by atoms with Crippen molar-refractivity contribution in [2.75, 3.05) is 18.1 Å². The lowest BCUT2D eigenvalue weighted by Crippen LogP contribution is -2.47. The average molecular weight is 419 g/mol. The Balaban J connectivity index is 1.41. The summed E-state index contributed by atoms with van der Waals surface area (Å²) in [5.41, 5.74) is 4.64. The van der Waals surface area contributed by atoms with Gasteiger partial charge < -0.3 is 14.6 Å². The van der Waals surface area contributed by atoms with E-state index < -0.39 is 24.0 Å². The van der Waals surface area contributed by atoms with Crippen molar-refractivity contribution in [2.45, 2.75) is 12.0 Å². The molecule has 0 radical (unpaired) electrons. The van der Waals surface area contributed by atoms with Gasteiger partial charge in [0, 0.05) is 12.0 Å². The van der Waals surface area contributed by atoms with E-state index in [0.717, 1.165) is 28.3 Å². The molecule has 1 N–H and O–H groups in total. The Labute approximate surface area is 177 Å². The monoisotopic (exact) mass is 419 g/mol. The summed E-state index contributed by atoms with van der Waals surface area (Å²) in [4.78, 5) is 25.6. The van der Waals surface area contributed by atoms with E-state index in [4.69, 9.17) is 9.47 Å². The summed E-state index contributed by atoms with van der Waals surface area (Å²) in [6.07, 6.45) is -2.01. The SMILES string of the molecule is O=C(O)C1CN(C(=O)OCC2c3ccccc3-c3ccccc32)c2ccc(F)cc2O1. The summed E-state index contributed by atoms with van der Waals surface area (Å²) < 4.78 is 24.6. The number of carbonyl (C=O) groups excluding carboxylic acids is 1. The van der Waals surface area contributed by atoms with Crippen molar-refractivity contribution in [3.8, 4) is 16.9 Å². The van der Waals surface area contributed by atoms with Crippen LogP contribution in [0, 0.1) is 5.82 Å². The van der Waals surface area contributed by atoms with Crippen LogP contribution in [0.1, 0.15) is 17.0 Å². The minimum atomic E-state index is -1.31. The molecule has 0 aromatic heterocycles. The number of hydrogen-bond donors (Lipinski definition) is 1. The predicted molar refractivity (Wildman–Crippen MR) is 111 cm³/mol. The molecule has 1 unspecified atom stereocenters. The van der Waals surface area contributed by atoms with Crippen LogP contribution in [-0.4, -0.2) is 36.4 Å². The van der Waals surface area contributed by atoms with Gasteiger partial charge in [0.1, 0.15) is 18.2 Å². The molecule has 7 heteroatoms. The number of nitrogens with zero attached hydrogens (tertiary/aromatic N) is 1. The molecule has 1 amide bonds. The van der Waals surface area contributed by atoms with Gasteiger partial charge in [-0.2, -0.15) is 0 Å². The van der Waals surface area contributed by atoms with Gasteiger partial charge in [0.15, 0.2) is 0 Å². The molecule has 1 aliphatic carbocycles. The molecular formula is C24H18FNO5. The second-order valence-corrected chi connectivity index (χ2v) is 7.47. The maximum atomic E-state index is 13.6. The molecule has 0 bridgehead atoms. The fraction of sp³-hybridized carbons (Fsp3) is 0.167. The summed E-state index contributed by atoms with van der Waals surface area (Å²) >= 11 is 0. The topological polar surface area (TPSA) is 76.1 Å². The standard InChI is InChI=1S/C24H18FNO5/c25-14-9-10-20-21(11-14)31-22(23(27)28)12-26(20)24(29)30-13-19-17-7-3-1-5-15(17)16-6-2-4-8-18(16)19/h1-11,19,22H,12-13H2,(H,27,28). The Bertz CT molecular complexity index is 1150. The number of fused-ring (bicyclic) bond motifs is 4. The zero-order chi connectivity index (χ0) is 21.5. The maximum absolute atomic E-state index is 13.6. The minimum Gasteiger partial charge on any atom is -0.478 e. The van der Waals surface area contributed by atoms with Gasteiger partial charge >= 0.3 is 12.1 Å². The predicted octanol–water partition coefficient (Wildman–Crippen LogP) is 4.43. The van der Waals surface area contributed by atoms with Crippen LogP contribution in [0.4, 0.5) is 14.9 Å². The lowest BCUT2D eigenvalue weighted by molar-refractivity contribution is -0.144. The van der Waals surface area contributed by atoms with Crippen molar-refractivity contribution < 1.29 is 28.6 Å². The summed E-state index contributed by atoms with van der Waals surface area (Å²) in [5.74, 6) is -1.96. The normalized spacial score (nSPS) is 16.7. The first-order chi connectivity index (χ1) is 15.0. The van der Waals surface area contributed by atoms with Crippen molar-refractivity contribution in [1.29, 1.82) is 0 Å². The van der Waals surface area contributed by atoms with Crippen molar-refractivity contribution in [1.82, 2.24) is 0 Å². The molecule has 156 valence electrons. The quantitative estimate of drug-likeness (QED) is 0.680. The Morgan fingerprint density at radius 3 is 2.32 bits per heavy atom. The molecule has 2 aliphatic rings. The highest BCUT2D eigenvalue weighted by Gasteiger charge is 2.36. The molecule has 0 saturated carbocycles. The van der Waals surface area contributed by atoms with Gasteiger partial charge in [-0.25, -0.2) is 14.0 Å². The molecule has 0 fully saturated rings. The third-order valence-electron chi connectivity index (χ3n) is 5.66. The van der Waals surface area contributed by atoms with Crippen LogP contribution in [0.25, 0.3) is 11.1 Å². The minimum absolute atomic E-state index is 0.00726. The number of amides is 1. The van der Waals surface area contributed by atoms with Gasteiger partial charge in [0.25, 0.3) is 0 Å². The van der Waals surface area contributed by atoms with Crippen molar-refractivity contribution in [3.63, 3.8) is 0 Å².